The number of carbonyl (C=O) groups excluding carboxylic acids is 1. The third kappa shape index (κ3) is 2.91. The molecule has 0 bridgehead atoms. The zero-order chi connectivity index (χ0) is 21.1. The highest BCUT2D eigenvalue weighted by molar-refractivity contribution is 5.76. The number of amides is 1. The lowest BCUT2D eigenvalue weighted by Gasteiger charge is -2.58. The molecule has 5 rings (SSSR count). The van der Waals surface area contributed by atoms with Crippen LogP contribution in [0.1, 0.15) is 76.8 Å². The maximum Gasteiger partial charge on any atom is 0.222 e. The van der Waals surface area contributed by atoms with E-state index in [4.69, 9.17) is 0 Å². The summed E-state index contributed by atoms with van der Waals surface area (Å²) in [6.07, 6.45) is 16.1. The molecule has 1 aromatic rings. The van der Waals surface area contributed by atoms with E-state index in [1.165, 1.54) is 49.7 Å². The normalized spacial score (nSPS) is 40.9. The number of aryl methyl sites for hydroxylation is 1. The quantitative estimate of drug-likeness (QED) is 0.627. The van der Waals surface area contributed by atoms with E-state index >= 15 is 0 Å². The van der Waals surface area contributed by atoms with Gasteiger partial charge in [-0.2, -0.15) is 0 Å². The highest BCUT2D eigenvalue weighted by atomic mass is 16.2. The van der Waals surface area contributed by atoms with Crippen molar-refractivity contribution in [2.45, 2.75) is 72.1 Å². The molecule has 3 nitrogen and oxygen atoms in total. The van der Waals surface area contributed by atoms with Gasteiger partial charge in [-0.25, -0.2) is 0 Å². The molecule has 1 amide bonds. The van der Waals surface area contributed by atoms with Crippen molar-refractivity contribution in [1.29, 1.82) is 0 Å². The van der Waals surface area contributed by atoms with E-state index in [-0.39, 0.29) is 5.41 Å². The summed E-state index contributed by atoms with van der Waals surface area (Å²) in [6, 6.07) is 2.38. The number of rotatable bonds is 2. The molecule has 0 N–H and O–H groups in total. The average Bonchev–Trinajstić information content (AvgIpc) is 3.05. The number of carbonyl (C=O) groups is 1. The summed E-state index contributed by atoms with van der Waals surface area (Å²) in [6.45, 7) is 8.25. The van der Waals surface area contributed by atoms with Crippen LogP contribution in [0.15, 0.2) is 24.5 Å². The standard InChI is InChI=1S/C27H38N2O/c1-5-18-14-19(17-28-16-18)22-8-9-23-21-7-6-20-15-25(30)29(4)13-12-26(20,2)24(21)10-11-27(22,23)3/h8,14,16-17,20-21,23-24H,5-7,9-13,15H2,1-4H3. The van der Waals surface area contributed by atoms with E-state index in [1.807, 2.05) is 18.1 Å². The lowest BCUT2D eigenvalue weighted by Crippen LogP contribution is -2.51. The smallest absolute Gasteiger partial charge is 0.222 e. The topological polar surface area (TPSA) is 33.2 Å². The van der Waals surface area contributed by atoms with E-state index in [2.05, 4.69) is 44.1 Å². The van der Waals surface area contributed by atoms with Crippen LogP contribution in [0.2, 0.25) is 0 Å². The Kier molecular flexibility index (Phi) is 4.87. The van der Waals surface area contributed by atoms with E-state index in [9.17, 15) is 4.79 Å². The minimum absolute atomic E-state index is 0.287. The molecule has 0 aromatic carbocycles. The Labute approximate surface area is 182 Å². The monoisotopic (exact) mass is 406 g/mol. The van der Waals surface area contributed by atoms with Gasteiger partial charge in [0.1, 0.15) is 0 Å². The minimum atomic E-state index is 0.287. The van der Waals surface area contributed by atoms with Crippen LogP contribution in [-0.4, -0.2) is 29.4 Å². The number of hydrogen-bond acceptors (Lipinski definition) is 2. The first-order valence-electron chi connectivity index (χ1n) is 12.3. The number of nitrogens with zero attached hydrogens (tertiary/aromatic N) is 2. The van der Waals surface area contributed by atoms with Crippen molar-refractivity contribution in [3.8, 4) is 0 Å². The van der Waals surface area contributed by atoms with Gasteiger partial charge in [-0.05, 0) is 102 Å². The SMILES string of the molecule is CCc1cncc(C2=CCC3C4CCC5CC(=O)N(C)CCC5(C)C4CCC23C)c1. The van der Waals surface area contributed by atoms with E-state index in [0.29, 0.717) is 17.2 Å². The van der Waals surface area contributed by atoms with E-state index in [1.54, 1.807) is 5.57 Å². The van der Waals surface area contributed by atoms with Crippen LogP contribution in [0.5, 0.6) is 0 Å². The van der Waals surface area contributed by atoms with Gasteiger partial charge in [-0.1, -0.05) is 26.8 Å². The number of aromatic nitrogens is 1. The fourth-order valence-electron chi connectivity index (χ4n) is 8.00. The van der Waals surface area contributed by atoms with Crippen LogP contribution in [0, 0.1) is 34.5 Å². The zero-order valence-electron chi connectivity index (χ0n) is 19.3. The first kappa shape index (κ1) is 20.3. The molecule has 30 heavy (non-hydrogen) atoms. The fraction of sp³-hybridized carbons (Fsp3) is 0.704. The van der Waals surface area contributed by atoms with Crippen molar-refractivity contribution in [3.63, 3.8) is 0 Å². The van der Waals surface area contributed by atoms with Gasteiger partial charge < -0.3 is 4.90 Å². The average molecular weight is 407 g/mol. The molecule has 2 heterocycles. The number of fused-ring (bicyclic) bond motifs is 5. The number of allylic oxidation sites excluding steroid dienone is 2. The van der Waals surface area contributed by atoms with E-state index in [0.717, 1.165) is 37.1 Å². The fourth-order valence-corrected chi connectivity index (χ4v) is 8.00. The molecule has 6 unspecified atom stereocenters. The molecule has 1 aromatic heterocycles. The maximum absolute atomic E-state index is 12.6. The van der Waals surface area contributed by atoms with E-state index < -0.39 is 0 Å². The van der Waals surface area contributed by atoms with Gasteiger partial charge >= 0.3 is 0 Å². The second-order valence-electron chi connectivity index (χ2n) is 11.2. The Bertz CT molecular complexity index is 875. The van der Waals surface area contributed by atoms with Gasteiger partial charge in [0.25, 0.3) is 0 Å². The largest absolute Gasteiger partial charge is 0.346 e. The summed E-state index contributed by atoms with van der Waals surface area (Å²) < 4.78 is 0. The predicted octanol–water partition coefficient (Wildman–Crippen LogP) is 5.75. The summed E-state index contributed by atoms with van der Waals surface area (Å²) >= 11 is 0. The molecule has 0 radical (unpaired) electrons. The molecular weight excluding hydrogens is 368 g/mol. The number of pyridine rings is 1. The molecule has 4 aliphatic rings. The van der Waals surface area contributed by atoms with Gasteiger partial charge in [-0.3, -0.25) is 9.78 Å². The molecule has 0 spiro atoms. The highest BCUT2D eigenvalue weighted by Gasteiger charge is 2.58. The summed E-state index contributed by atoms with van der Waals surface area (Å²) in [7, 11) is 2.00. The second kappa shape index (κ2) is 7.21. The van der Waals surface area contributed by atoms with Gasteiger partial charge in [0.05, 0.1) is 0 Å². The predicted molar refractivity (Wildman–Crippen MR) is 122 cm³/mol. The molecule has 3 heteroatoms. The van der Waals surface area contributed by atoms with Crippen molar-refractivity contribution in [3.05, 3.63) is 35.7 Å². The summed E-state index contributed by atoms with van der Waals surface area (Å²) in [4.78, 5) is 19.1. The van der Waals surface area contributed by atoms with Gasteiger partial charge in [0, 0.05) is 32.4 Å². The van der Waals surface area contributed by atoms with Crippen molar-refractivity contribution in [1.82, 2.24) is 9.88 Å². The van der Waals surface area contributed by atoms with Gasteiger partial charge in [0.2, 0.25) is 5.91 Å². The molecule has 3 aliphatic carbocycles. The third-order valence-electron chi connectivity index (χ3n) is 9.99. The Morgan fingerprint density at radius 1 is 1.13 bits per heavy atom. The Morgan fingerprint density at radius 3 is 2.77 bits per heavy atom. The first-order chi connectivity index (χ1) is 14.4. The van der Waals surface area contributed by atoms with Crippen LogP contribution < -0.4 is 0 Å². The van der Waals surface area contributed by atoms with Crippen LogP contribution in [0.25, 0.3) is 5.57 Å². The van der Waals surface area contributed by atoms with Crippen molar-refractivity contribution >= 4 is 11.5 Å². The van der Waals surface area contributed by atoms with Crippen LogP contribution >= 0.6 is 0 Å². The van der Waals surface area contributed by atoms with Gasteiger partial charge in [-0.15, -0.1) is 0 Å². The third-order valence-corrected chi connectivity index (χ3v) is 9.99. The van der Waals surface area contributed by atoms with Crippen LogP contribution in [-0.2, 0) is 11.2 Å². The Hall–Kier alpha value is -1.64. The Balaban J connectivity index is 1.43. The maximum atomic E-state index is 12.6. The molecule has 6 atom stereocenters. The zero-order valence-corrected chi connectivity index (χ0v) is 19.3. The molecule has 1 aliphatic heterocycles. The second-order valence-corrected chi connectivity index (χ2v) is 11.2. The lowest BCUT2D eigenvalue weighted by atomic mass is 9.46. The summed E-state index contributed by atoms with van der Waals surface area (Å²) in [5.41, 5.74) is 4.89. The summed E-state index contributed by atoms with van der Waals surface area (Å²) in [5, 5.41) is 0. The number of hydrogen-bond donors (Lipinski definition) is 0. The first-order valence-corrected chi connectivity index (χ1v) is 12.3. The molecule has 3 fully saturated rings. The van der Waals surface area contributed by atoms with Crippen molar-refractivity contribution in [2.75, 3.05) is 13.6 Å². The minimum Gasteiger partial charge on any atom is -0.346 e. The van der Waals surface area contributed by atoms with Gasteiger partial charge in [0.15, 0.2) is 0 Å². The van der Waals surface area contributed by atoms with Crippen molar-refractivity contribution in [2.24, 2.45) is 34.5 Å². The molecular formula is C27H38N2O. The van der Waals surface area contributed by atoms with Crippen LogP contribution in [0.4, 0.5) is 0 Å². The van der Waals surface area contributed by atoms with Crippen molar-refractivity contribution < 1.29 is 4.79 Å². The summed E-state index contributed by atoms with van der Waals surface area (Å²) in [5.74, 6) is 3.29. The molecule has 1 saturated heterocycles. The van der Waals surface area contributed by atoms with Crippen LogP contribution in [0.3, 0.4) is 0 Å². The number of likely N-dealkylation sites (tertiary alicyclic amines) is 1. The lowest BCUT2D eigenvalue weighted by molar-refractivity contribution is -0.131. The molecule has 2 saturated carbocycles. The Morgan fingerprint density at radius 2 is 1.97 bits per heavy atom. The highest BCUT2D eigenvalue weighted by Crippen LogP contribution is 2.66. The molecule has 162 valence electrons.